The van der Waals surface area contributed by atoms with Crippen molar-refractivity contribution in [1.29, 1.82) is 0 Å². The molecule has 2 heterocycles. The van der Waals surface area contributed by atoms with E-state index in [1.807, 2.05) is 31.3 Å². The fraction of sp³-hybridized carbons (Fsp3) is 0.400. The molecule has 0 aliphatic heterocycles. The second-order valence-corrected chi connectivity index (χ2v) is 9.27. The summed E-state index contributed by atoms with van der Waals surface area (Å²) < 4.78 is 15.9. The zero-order valence-electron chi connectivity index (χ0n) is 15.9. The largest absolute Gasteiger partial charge is 0.331 e. The van der Waals surface area contributed by atoms with Crippen molar-refractivity contribution in [3.8, 4) is 10.4 Å². The van der Waals surface area contributed by atoms with E-state index in [2.05, 4.69) is 20.0 Å². The molecule has 148 valence electrons. The molecular formula is C20H25N5OS2. The first kappa shape index (κ1) is 19.3. The number of anilines is 2. The maximum Gasteiger partial charge on any atom is 0.204 e. The topological polar surface area (TPSA) is 82.7 Å². The summed E-state index contributed by atoms with van der Waals surface area (Å²) in [5.41, 5.74) is 1.82. The molecule has 2 aromatic heterocycles. The smallest absolute Gasteiger partial charge is 0.204 e. The van der Waals surface area contributed by atoms with Crippen molar-refractivity contribution >= 4 is 34.0 Å². The lowest BCUT2D eigenvalue weighted by atomic mass is 9.90. The van der Waals surface area contributed by atoms with Crippen LogP contribution in [0, 0.1) is 0 Å². The summed E-state index contributed by atoms with van der Waals surface area (Å²) in [5.74, 6) is 1.24. The number of imidazole rings is 1. The number of benzene rings is 1. The molecule has 0 saturated heterocycles. The first-order valence-corrected chi connectivity index (χ1v) is 11.7. The third kappa shape index (κ3) is 4.34. The van der Waals surface area contributed by atoms with Crippen molar-refractivity contribution in [2.45, 2.75) is 49.8 Å². The molecule has 0 bridgehead atoms. The van der Waals surface area contributed by atoms with Gasteiger partial charge in [0.1, 0.15) is 11.0 Å². The van der Waals surface area contributed by atoms with Crippen LogP contribution in [0.4, 0.5) is 11.6 Å². The zero-order chi connectivity index (χ0) is 19.3. The van der Waals surface area contributed by atoms with Gasteiger partial charge in [0.15, 0.2) is 0 Å². The normalized spacial score (nSPS) is 16.2. The number of aromatic nitrogens is 3. The summed E-state index contributed by atoms with van der Waals surface area (Å²) >= 11 is 1.74. The third-order valence-corrected chi connectivity index (χ3v) is 7.44. The lowest BCUT2D eigenvalue weighted by molar-refractivity contribution is 0.442. The fourth-order valence-corrected chi connectivity index (χ4v) is 5.81. The molecule has 4 rings (SSSR count). The third-order valence-electron chi connectivity index (χ3n) is 4.96. The maximum atomic E-state index is 12.8. The highest BCUT2D eigenvalue weighted by Crippen LogP contribution is 2.39. The molecular weight excluding hydrogens is 390 g/mol. The number of H-pyrrole nitrogens is 1. The maximum absolute atomic E-state index is 12.8. The lowest BCUT2D eigenvalue weighted by Gasteiger charge is -2.18. The first-order valence-electron chi connectivity index (χ1n) is 9.76. The highest BCUT2D eigenvalue weighted by atomic mass is 32.2. The predicted octanol–water partition coefficient (Wildman–Crippen LogP) is 4.96. The van der Waals surface area contributed by atoms with Gasteiger partial charge < -0.3 is 10.3 Å². The fourth-order valence-electron chi connectivity index (χ4n) is 3.59. The number of hydrogen-bond donors (Lipinski definition) is 3. The highest BCUT2D eigenvalue weighted by Gasteiger charge is 2.21. The number of hydrogen-bond acceptors (Lipinski definition) is 5. The summed E-state index contributed by atoms with van der Waals surface area (Å²) in [7, 11) is -1.29. The molecule has 6 nitrogen and oxygen atoms in total. The average molecular weight is 416 g/mol. The number of nitrogens with one attached hydrogen (secondary N) is 3. The van der Waals surface area contributed by atoms with Crippen molar-refractivity contribution in [3.05, 3.63) is 41.8 Å². The molecule has 3 N–H and O–H groups in total. The van der Waals surface area contributed by atoms with Gasteiger partial charge in [-0.25, -0.2) is 18.9 Å². The number of rotatable bonds is 7. The Morgan fingerprint density at radius 1 is 1.25 bits per heavy atom. The monoisotopic (exact) mass is 415 g/mol. The van der Waals surface area contributed by atoms with Gasteiger partial charge in [-0.3, -0.25) is 0 Å². The van der Waals surface area contributed by atoms with Crippen molar-refractivity contribution in [2.75, 3.05) is 11.9 Å². The summed E-state index contributed by atoms with van der Waals surface area (Å²) in [6, 6.07) is 5.94. The summed E-state index contributed by atoms with van der Waals surface area (Å²) in [6.07, 6.45) is 11.8. The highest BCUT2D eigenvalue weighted by molar-refractivity contribution is 7.83. The van der Waals surface area contributed by atoms with E-state index in [1.54, 1.807) is 23.7 Å². The van der Waals surface area contributed by atoms with Crippen LogP contribution in [0.2, 0.25) is 0 Å². The van der Waals surface area contributed by atoms with E-state index in [9.17, 15) is 4.21 Å². The molecule has 1 aliphatic carbocycles. The van der Waals surface area contributed by atoms with E-state index < -0.39 is 11.0 Å². The quantitative estimate of drug-likeness (QED) is 0.509. The van der Waals surface area contributed by atoms with E-state index in [-0.39, 0.29) is 0 Å². The summed E-state index contributed by atoms with van der Waals surface area (Å²) in [6.45, 7) is 2.59. The summed E-state index contributed by atoms with van der Waals surface area (Å²) in [4.78, 5) is 13.8. The van der Waals surface area contributed by atoms with Crippen LogP contribution in [0.1, 0.15) is 50.0 Å². The minimum atomic E-state index is -1.29. The van der Waals surface area contributed by atoms with E-state index in [0.717, 1.165) is 21.0 Å². The van der Waals surface area contributed by atoms with Crippen molar-refractivity contribution in [1.82, 2.24) is 19.7 Å². The van der Waals surface area contributed by atoms with Gasteiger partial charge in [-0.2, -0.15) is 0 Å². The molecule has 1 aromatic carbocycles. The van der Waals surface area contributed by atoms with Crippen LogP contribution in [0.15, 0.2) is 41.7 Å². The number of aromatic amines is 1. The molecule has 1 aliphatic rings. The van der Waals surface area contributed by atoms with E-state index in [4.69, 9.17) is 4.98 Å². The molecule has 1 unspecified atom stereocenters. The Balaban J connectivity index is 1.65. The molecule has 0 amide bonds. The van der Waals surface area contributed by atoms with Gasteiger partial charge >= 0.3 is 0 Å². The molecule has 1 fully saturated rings. The van der Waals surface area contributed by atoms with Crippen LogP contribution in [-0.4, -0.2) is 25.7 Å². The van der Waals surface area contributed by atoms with Gasteiger partial charge in [0, 0.05) is 42.3 Å². The molecule has 28 heavy (non-hydrogen) atoms. The molecule has 0 spiro atoms. The van der Waals surface area contributed by atoms with Crippen LogP contribution >= 0.6 is 11.3 Å². The van der Waals surface area contributed by atoms with Crippen molar-refractivity contribution in [3.63, 3.8) is 0 Å². The van der Waals surface area contributed by atoms with Crippen LogP contribution in [0.5, 0.6) is 0 Å². The van der Waals surface area contributed by atoms with E-state index in [1.165, 1.54) is 37.1 Å². The van der Waals surface area contributed by atoms with Crippen LogP contribution in [0.25, 0.3) is 10.4 Å². The zero-order valence-corrected chi connectivity index (χ0v) is 17.5. The molecule has 3 aromatic rings. The SMILES string of the molecule is CCNS(=O)c1cc(Nc2ncc[nH]2)ccc1-c1cnc(C2CCCCC2)s1. The summed E-state index contributed by atoms with van der Waals surface area (Å²) in [5, 5.41) is 4.43. The van der Waals surface area contributed by atoms with Crippen LogP contribution < -0.4 is 10.0 Å². The van der Waals surface area contributed by atoms with Crippen molar-refractivity contribution < 1.29 is 4.21 Å². The van der Waals surface area contributed by atoms with Crippen LogP contribution in [-0.2, 0) is 11.0 Å². The standard InChI is InChI=1S/C20H25N5OS2/c1-2-24-28(26)18-12-15(25-20-21-10-11-22-20)8-9-16(18)17-13-23-19(27-17)14-6-4-3-5-7-14/h8-14,24H,2-7H2,1H3,(H2,21,22,25). The Morgan fingerprint density at radius 3 is 2.86 bits per heavy atom. The van der Waals surface area contributed by atoms with Gasteiger partial charge in [0.25, 0.3) is 0 Å². The molecule has 1 saturated carbocycles. The average Bonchev–Trinajstić information content (AvgIpc) is 3.41. The first-order chi connectivity index (χ1) is 13.7. The minimum Gasteiger partial charge on any atom is -0.331 e. The molecule has 8 heteroatoms. The Kier molecular flexibility index (Phi) is 6.19. The second kappa shape index (κ2) is 8.98. The number of nitrogens with zero attached hydrogens (tertiary/aromatic N) is 2. The van der Waals surface area contributed by atoms with Crippen molar-refractivity contribution in [2.24, 2.45) is 0 Å². The number of thiazole rings is 1. The Labute approximate surface area is 171 Å². The lowest BCUT2D eigenvalue weighted by Crippen LogP contribution is -2.17. The molecule has 0 radical (unpaired) electrons. The van der Waals surface area contributed by atoms with Gasteiger partial charge in [-0.15, -0.1) is 11.3 Å². The van der Waals surface area contributed by atoms with Crippen LogP contribution in [0.3, 0.4) is 0 Å². The Hall–Kier alpha value is -2.03. The second-order valence-electron chi connectivity index (χ2n) is 6.94. The van der Waals surface area contributed by atoms with Gasteiger partial charge in [-0.1, -0.05) is 32.3 Å². The predicted molar refractivity (Wildman–Crippen MR) is 115 cm³/mol. The van der Waals surface area contributed by atoms with E-state index >= 15 is 0 Å². The van der Waals surface area contributed by atoms with E-state index in [0.29, 0.717) is 18.4 Å². The van der Waals surface area contributed by atoms with Gasteiger partial charge in [0.05, 0.1) is 14.8 Å². The minimum absolute atomic E-state index is 0.579. The Morgan fingerprint density at radius 2 is 2.11 bits per heavy atom. The van der Waals surface area contributed by atoms with Gasteiger partial charge in [-0.05, 0) is 25.0 Å². The Bertz CT molecular complexity index is 932. The molecule has 1 atom stereocenters. The van der Waals surface area contributed by atoms with Gasteiger partial charge in [0.2, 0.25) is 5.95 Å².